The predicted molar refractivity (Wildman–Crippen MR) is 179 cm³/mol. The average molecular weight is 677 g/mol. The third-order valence-electron chi connectivity index (χ3n) is 7.45. The molecule has 0 aliphatic heterocycles. The molecule has 0 radical (unpaired) electrons. The summed E-state index contributed by atoms with van der Waals surface area (Å²) < 4.78 is 30.0. The maximum Gasteiger partial charge on any atom is 0.264 e. The normalized spacial score (nSPS) is 12.6. The number of benzene rings is 4. The molecule has 2 atom stereocenters. The van der Waals surface area contributed by atoms with Gasteiger partial charge in [0.2, 0.25) is 11.8 Å². The van der Waals surface area contributed by atoms with Crippen molar-refractivity contribution in [1.82, 2.24) is 10.2 Å². The van der Waals surface area contributed by atoms with Crippen LogP contribution >= 0.6 is 15.9 Å². The van der Waals surface area contributed by atoms with E-state index in [0.29, 0.717) is 5.69 Å². The first-order chi connectivity index (χ1) is 21.1. The Kier molecular flexibility index (Phi) is 11.4. The highest BCUT2D eigenvalue weighted by atomic mass is 79.9. The van der Waals surface area contributed by atoms with Gasteiger partial charge in [0.25, 0.3) is 10.0 Å². The van der Waals surface area contributed by atoms with E-state index in [0.717, 1.165) is 31.9 Å². The number of carbonyl (C=O) groups is 2. The number of halogens is 1. The van der Waals surface area contributed by atoms with Crippen LogP contribution in [0.25, 0.3) is 0 Å². The molecule has 0 spiro atoms. The van der Waals surface area contributed by atoms with Gasteiger partial charge in [-0.3, -0.25) is 13.9 Å². The summed E-state index contributed by atoms with van der Waals surface area (Å²) in [7, 11) is -4.13. The lowest BCUT2D eigenvalue weighted by atomic mass is 10.0. The van der Waals surface area contributed by atoms with Crippen molar-refractivity contribution < 1.29 is 18.0 Å². The molecule has 0 unspecified atom stereocenters. The van der Waals surface area contributed by atoms with Gasteiger partial charge in [-0.25, -0.2) is 8.42 Å². The van der Waals surface area contributed by atoms with Gasteiger partial charge in [-0.05, 0) is 67.8 Å². The van der Waals surface area contributed by atoms with E-state index in [1.54, 1.807) is 30.3 Å². The Morgan fingerprint density at radius 1 is 0.841 bits per heavy atom. The number of aryl methyl sites for hydroxylation is 1. The van der Waals surface area contributed by atoms with E-state index >= 15 is 0 Å². The van der Waals surface area contributed by atoms with Crippen molar-refractivity contribution >= 4 is 43.5 Å². The largest absolute Gasteiger partial charge is 0.352 e. The molecule has 0 aliphatic carbocycles. The number of rotatable bonds is 13. The number of anilines is 1. The molecule has 9 heteroatoms. The highest BCUT2D eigenvalue weighted by Crippen LogP contribution is 2.26. The summed E-state index contributed by atoms with van der Waals surface area (Å²) in [5.74, 6) is -0.787. The Balaban J connectivity index is 1.80. The second kappa shape index (κ2) is 15.2. The van der Waals surface area contributed by atoms with Crippen molar-refractivity contribution in [1.29, 1.82) is 0 Å². The first kappa shape index (κ1) is 33.0. The summed E-state index contributed by atoms with van der Waals surface area (Å²) in [6, 6.07) is 31.1. The molecule has 4 aromatic carbocycles. The van der Waals surface area contributed by atoms with Gasteiger partial charge in [0.05, 0.1) is 10.6 Å². The van der Waals surface area contributed by atoms with Crippen LogP contribution < -0.4 is 9.62 Å². The maximum absolute atomic E-state index is 14.5. The van der Waals surface area contributed by atoms with Crippen LogP contribution in [0.4, 0.5) is 5.69 Å². The number of sulfonamides is 1. The zero-order chi connectivity index (χ0) is 31.7. The SMILES string of the molecule is CC[C@H](C)NC(=O)[C@H](Cc1ccccc1)N(Cc1cccc(Br)c1)C(=O)CN(c1ccc(C)cc1)S(=O)(=O)c1ccccc1. The van der Waals surface area contributed by atoms with Gasteiger partial charge in [-0.2, -0.15) is 0 Å². The highest BCUT2D eigenvalue weighted by molar-refractivity contribution is 9.10. The summed E-state index contributed by atoms with van der Waals surface area (Å²) in [6.45, 7) is 5.43. The van der Waals surface area contributed by atoms with Crippen molar-refractivity contribution in [2.24, 2.45) is 0 Å². The van der Waals surface area contributed by atoms with Crippen LogP contribution in [0.2, 0.25) is 0 Å². The van der Waals surface area contributed by atoms with Gasteiger partial charge in [0, 0.05) is 23.5 Å². The molecular weight excluding hydrogens is 638 g/mol. The number of amides is 2. The van der Waals surface area contributed by atoms with E-state index < -0.39 is 28.5 Å². The van der Waals surface area contributed by atoms with Crippen LogP contribution in [0, 0.1) is 6.92 Å². The molecule has 0 heterocycles. The maximum atomic E-state index is 14.5. The molecule has 0 saturated carbocycles. The minimum Gasteiger partial charge on any atom is -0.352 e. The van der Waals surface area contributed by atoms with Crippen molar-refractivity contribution in [2.45, 2.75) is 57.1 Å². The van der Waals surface area contributed by atoms with Crippen LogP contribution in [0.1, 0.15) is 37.0 Å². The lowest BCUT2D eigenvalue weighted by Crippen LogP contribution is -2.54. The molecule has 7 nitrogen and oxygen atoms in total. The number of carbonyl (C=O) groups excluding carboxylic acids is 2. The Morgan fingerprint density at radius 2 is 1.45 bits per heavy atom. The summed E-state index contributed by atoms with van der Waals surface area (Å²) in [5.41, 5.74) is 3.00. The van der Waals surface area contributed by atoms with Crippen molar-refractivity contribution in [2.75, 3.05) is 10.8 Å². The third-order valence-corrected chi connectivity index (χ3v) is 9.73. The van der Waals surface area contributed by atoms with Gasteiger partial charge in [0.1, 0.15) is 12.6 Å². The molecule has 0 aromatic heterocycles. The Morgan fingerprint density at radius 3 is 2.07 bits per heavy atom. The van der Waals surface area contributed by atoms with E-state index in [2.05, 4.69) is 21.2 Å². The lowest BCUT2D eigenvalue weighted by molar-refractivity contribution is -0.140. The van der Waals surface area contributed by atoms with Gasteiger partial charge in [-0.1, -0.05) is 101 Å². The Bertz CT molecular complexity index is 1650. The third kappa shape index (κ3) is 8.57. The lowest BCUT2D eigenvalue weighted by Gasteiger charge is -2.34. The van der Waals surface area contributed by atoms with Crippen LogP contribution in [-0.4, -0.2) is 43.8 Å². The molecule has 4 rings (SSSR count). The number of nitrogens with one attached hydrogen (secondary N) is 1. The van der Waals surface area contributed by atoms with Crippen molar-refractivity contribution in [3.8, 4) is 0 Å². The topological polar surface area (TPSA) is 86.8 Å². The molecule has 0 saturated heterocycles. The molecule has 1 N–H and O–H groups in total. The van der Waals surface area contributed by atoms with Gasteiger partial charge >= 0.3 is 0 Å². The predicted octanol–water partition coefficient (Wildman–Crippen LogP) is 6.51. The van der Waals surface area contributed by atoms with Crippen LogP contribution in [0.15, 0.2) is 119 Å². The summed E-state index contributed by atoms with van der Waals surface area (Å²) >= 11 is 3.51. The van der Waals surface area contributed by atoms with Crippen LogP contribution in [0.3, 0.4) is 0 Å². The highest BCUT2D eigenvalue weighted by Gasteiger charge is 2.35. The van der Waals surface area contributed by atoms with Crippen molar-refractivity contribution in [3.63, 3.8) is 0 Å². The first-order valence-electron chi connectivity index (χ1n) is 14.6. The molecule has 4 aromatic rings. The molecule has 44 heavy (non-hydrogen) atoms. The van der Waals surface area contributed by atoms with Gasteiger partial charge < -0.3 is 10.2 Å². The molecular formula is C35H38BrN3O4S. The molecule has 0 aliphatic rings. The molecule has 0 fully saturated rings. The van der Waals surface area contributed by atoms with E-state index in [1.807, 2.05) is 87.5 Å². The summed E-state index contributed by atoms with van der Waals surface area (Å²) in [6.07, 6.45) is 0.985. The second-order valence-electron chi connectivity index (χ2n) is 10.8. The van der Waals surface area contributed by atoms with Gasteiger partial charge in [0.15, 0.2) is 0 Å². The Hall–Kier alpha value is -3.95. The number of hydrogen-bond acceptors (Lipinski definition) is 4. The second-order valence-corrected chi connectivity index (χ2v) is 13.6. The minimum absolute atomic E-state index is 0.0715. The first-order valence-corrected chi connectivity index (χ1v) is 16.8. The fourth-order valence-electron chi connectivity index (χ4n) is 4.79. The average Bonchev–Trinajstić information content (AvgIpc) is 3.02. The summed E-state index contributed by atoms with van der Waals surface area (Å²) in [5, 5.41) is 3.06. The number of hydrogen-bond donors (Lipinski definition) is 1. The number of nitrogens with zero attached hydrogens (tertiary/aromatic N) is 2. The summed E-state index contributed by atoms with van der Waals surface area (Å²) in [4.78, 5) is 29.9. The zero-order valence-corrected chi connectivity index (χ0v) is 27.6. The monoisotopic (exact) mass is 675 g/mol. The van der Waals surface area contributed by atoms with E-state index in [9.17, 15) is 18.0 Å². The van der Waals surface area contributed by atoms with E-state index in [-0.39, 0.29) is 29.8 Å². The van der Waals surface area contributed by atoms with E-state index in [4.69, 9.17) is 0 Å². The molecule has 2 amide bonds. The van der Waals surface area contributed by atoms with Crippen molar-refractivity contribution in [3.05, 3.63) is 130 Å². The smallest absolute Gasteiger partial charge is 0.264 e. The minimum atomic E-state index is -4.13. The van der Waals surface area contributed by atoms with Crippen LogP contribution in [-0.2, 0) is 32.6 Å². The van der Waals surface area contributed by atoms with E-state index in [1.165, 1.54) is 17.0 Å². The zero-order valence-electron chi connectivity index (χ0n) is 25.2. The quantitative estimate of drug-likeness (QED) is 0.175. The fourth-order valence-corrected chi connectivity index (χ4v) is 6.67. The molecule has 230 valence electrons. The fraction of sp³-hybridized carbons (Fsp3) is 0.257. The molecule has 0 bridgehead atoms. The van der Waals surface area contributed by atoms with Gasteiger partial charge in [-0.15, -0.1) is 0 Å². The van der Waals surface area contributed by atoms with Crippen LogP contribution in [0.5, 0.6) is 0 Å². The standard InChI is InChI=1S/C35H38BrN3O4S/c1-4-27(3)37-35(41)33(23-28-12-7-5-8-13-28)38(24-29-14-11-15-30(36)22-29)34(40)25-39(31-20-18-26(2)19-21-31)44(42,43)32-16-9-6-10-17-32/h5-22,27,33H,4,23-25H2,1-3H3,(H,37,41)/t27-,33-/m0/s1. The Labute approximate surface area is 269 Å².